The minimum Gasteiger partial charge on any atom is -0.135 e. The predicted molar refractivity (Wildman–Crippen MR) is 213 cm³/mol. The van der Waals surface area contributed by atoms with Gasteiger partial charge in [0.2, 0.25) is 0 Å². The van der Waals surface area contributed by atoms with Crippen molar-refractivity contribution < 1.29 is 0 Å². The Morgan fingerprint density at radius 3 is 1.89 bits per heavy atom. The molecule has 0 atom stereocenters. The van der Waals surface area contributed by atoms with E-state index in [2.05, 4.69) is 141 Å². The SMILES string of the molecule is C=CC(/C(=C/C)c1sc(C(=C\C)/C(=C/C=C\C)c2sc(/C=C\C)c(C=C)c2C)c(C=C)c1C=C)=c1/sc2ccccc2/c1=C/C. The van der Waals surface area contributed by atoms with Gasteiger partial charge in [-0.2, -0.15) is 0 Å². The molecule has 0 radical (unpaired) electrons. The largest absolute Gasteiger partial charge is 0.135 e. The summed E-state index contributed by atoms with van der Waals surface area (Å²) < 4.78 is 2.50. The zero-order valence-electron chi connectivity index (χ0n) is 27.3. The van der Waals surface area contributed by atoms with E-state index in [0.717, 1.165) is 22.3 Å². The quantitative estimate of drug-likeness (QED) is 0.143. The molecule has 1 aromatic carbocycles. The lowest BCUT2D eigenvalue weighted by atomic mass is 9.93. The number of hydrogen-bond acceptors (Lipinski definition) is 3. The van der Waals surface area contributed by atoms with Gasteiger partial charge in [0.1, 0.15) is 0 Å². The van der Waals surface area contributed by atoms with Gasteiger partial charge >= 0.3 is 0 Å². The monoisotopic (exact) mass is 642 g/mol. The molecule has 3 heteroatoms. The minimum absolute atomic E-state index is 1.09. The number of hydrogen-bond donors (Lipinski definition) is 0. The van der Waals surface area contributed by atoms with E-state index in [-0.39, 0.29) is 0 Å². The lowest BCUT2D eigenvalue weighted by Gasteiger charge is -2.12. The van der Waals surface area contributed by atoms with Crippen LogP contribution in [-0.2, 0) is 0 Å². The summed E-state index contributed by atoms with van der Waals surface area (Å²) in [5.74, 6) is 0. The third-order valence-corrected chi connectivity index (χ3v) is 11.7. The Balaban J connectivity index is 2.06. The maximum Gasteiger partial charge on any atom is 0.0431 e. The van der Waals surface area contributed by atoms with Crippen molar-refractivity contribution in [2.75, 3.05) is 0 Å². The molecule has 0 amide bonds. The fraction of sp³-hybridized carbons (Fsp3) is 0.143. The molecule has 4 aromatic rings. The molecule has 0 saturated carbocycles. The first-order valence-corrected chi connectivity index (χ1v) is 17.6. The van der Waals surface area contributed by atoms with Crippen molar-refractivity contribution in [2.45, 2.75) is 41.5 Å². The van der Waals surface area contributed by atoms with Crippen LogP contribution >= 0.6 is 34.0 Å². The molecule has 0 aliphatic rings. The molecule has 0 spiro atoms. The van der Waals surface area contributed by atoms with E-state index < -0.39 is 0 Å². The van der Waals surface area contributed by atoms with Crippen molar-refractivity contribution in [1.82, 2.24) is 0 Å². The molecule has 0 saturated heterocycles. The van der Waals surface area contributed by atoms with Gasteiger partial charge in [0.15, 0.2) is 0 Å². The third kappa shape index (κ3) is 6.26. The highest BCUT2D eigenvalue weighted by Gasteiger charge is 2.25. The Morgan fingerprint density at radius 2 is 1.33 bits per heavy atom. The summed E-state index contributed by atoms with van der Waals surface area (Å²) in [6.45, 7) is 29.7. The Hall–Kier alpha value is -4.02. The van der Waals surface area contributed by atoms with E-state index >= 15 is 0 Å². The Morgan fingerprint density at radius 1 is 0.689 bits per heavy atom. The van der Waals surface area contributed by atoms with Gasteiger partial charge in [-0.05, 0) is 86.6 Å². The predicted octanol–water partition coefficient (Wildman–Crippen LogP) is 12.6. The number of thiophene rings is 3. The molecule has 228 valence electrons. The molecule has 0 nitrogen and oxygen atoms in total. The van der Waals surface area contributed by atoms with Gasteiger partial charge in [0, 0.05) is 51.0 Å². The molecule has 45 heavy (non-hydrogen) atoms. The standard InChI is InChI=1S/C42H42S3/c1-11-20-24-36(39-27(10)28(13-3)37(43-39)23-12-2)34(19-9)42-32(17-7)31(16-6)41(45-42)30(15-5)29(14-4)40-33(18-8)35-25-21-22-26-38(35)44-40/h11-26H,3-4,6-7H2,1-2,5,8-10H3/b20-11-,23-12-,30-15-,33-18-,34-19-,36-24-,40-29-. The van der Waals surface area contributed by atoms with Gasteiger partial charge in [-0.3, -0.25) is 0 Å². The van der Waals surface area contributed by atoms with Crippen molar-refractivity contribution in [3.8, 4) is 0 Å². The van der Waals surface area contributed by atoms with Crippen LogP contribution in [0.4, 0.5) is 0 Å². The fourth-order valence-corrected chi connectivity index (χ4v) is 9.87. The molecule has 0 unspecified atom stereocenters. The number of allylic oxidation sites excluding steroid dienone is 10. The lowest BCUT2D eigenvalue weighted by molar-refractivity contribution is 1.49. The smallest absolute Gasteiger partial charge is 0.0431 e. The zero-order chi connectivity index (χ0) is 32.7. The average Bonchev–Trinajstić information content (AvgIpc) is 3.71. The second-order valence-electron chi connectivity index (χ2n) is 10.3. The summed E-state index contributed by atoms with van der Waals surface area (Å²) in [7, 11) is 0. The van der Waals surface area contributed by atoms with Gasteiger partial charge in [-0.1, -0.05) is 111 Å². The molecule has 3 aromatic heterocycles. The van der Waals surface area contributed by atoms with E-state index in [1.54, 1.807) is 11.3 Å². The highest BCUT2D eigenvalue weighted by atomic mass is 32.1. The Kier molecular flexibility index (Phi) is 11.5. The van der Waals surface area contributed by atoms with Crippen LogP contribution in [0, 0.1) is 6.92 Å². The van der Waals surface area contributed by atoms with Crippen LogP contribution in [0.2, 0.25) is 0 Å². The number of rotatable bonds is 11. The molecule has 0 aliphatic carbocycles. The number of fused-ring (bicyclic) bond motifs is 1. The molecular weight excluding hydrogens is 601 g/mol. The topological polar surface area (TPSA) is 0 Å². The van der Waals surface area contributed by atoms with Crippen molar-refractivity contribution in [1.29, 1.82) is 0 Å². The van der Waals surface area contributed by atoms with E-state index in [1.807, 2.05) is 47.0 Å². The van der Waals surface area contributed by atoms with Crippen LogP contribution in [-0.4, -0.2) is 0 Å². The lowest BCUT2D eigenvalue weighted by Crippen LogP contribution is -2.21. The fourth-order valence-electron chi connectivity index (χ4n) is 5.77. The minimum atomic E-state index is 1.09. The van der Waals surface area contributed by atoms with Crippen LogP contribution in [0.15, 0.2) is 93.1 Å². The van der Waals surface area contributed by atoms with Crippen molar-refractivity contribution in [3.63, 3.8) is 0 Å². The van der Waals surface area contributed by atoms with Crippen LogP contribution in [0.25, 0.3) is 62.8 Å². The Bertz CT molecular complexity index is 2070. The summed E-state index contributed by atoms with van der Waals surface area (Å²) >= 11 is 5.43. The summed E-state index contributed by atoms with van der Waals surface area (Å²) in [5.41, 5.74) is 9.26. The van der Waals surface area contributed by atoms with Crippen LogP contribution in [0.3, 0.4) is 0 Å². The first kappa shape index (κ1) is 33.9. The highest BCUT2D eigenvalue weighted by molar-refractivity contribution is 7.18. The maximum atomic E-state index is 4.31. The normalized spacial score (nSPS) is 14.2. The molecule has 4 rings (SSSR count). The van der Waals surface area contributed by atoms with Gasteiger partial charge in [0.05, 0.1) is 0 Å². The zero-order valence-corrected chi connectivity index (χ0v) is 29.7. The first-order chi connectivity index (χ1) is 21.9. The first-order valence-electron chi connectivity index (χ1n) is 15.2. The average molecular weight is 643 g/mol. The third-order valence-electron chi connectivity index (χ3n) is 7.85. The summed E-state index contributed by atoms with van der Waals surface area (Å²) in [4.78, 5) is 4.81. The van der Waals surface area contributed by atoms with Crippen LogP contribution < -0.4 is 9.75 Å². The Labute approximate surface area is 281 Å². The summed E-state index contributed by atoms with van der Waals surface area (Å²) in [6, 6.07) is 8.62. The van der Waals surface area contributed by atoms with E-state index in [0.29, 0.717) is 0 Å². The van der Waals surface area contributed by atoms with Gasteiger partial charge < -0.3 is 0 Å². The molecule has 3 heterocycles. The summed E-state index contributed by atoms with van der Waals surface area (Å²) in [5, 5.41) is 2.52. The number of benzene rings is 1. The molecule has 0 N–H and O–H groups in total. The van der Waals surface area contributed by atoms with Gasteiger partial charge in [-0.15, -0.1) is 34.0 Å². The van der Waals surface area contributed by atoms with Crippen molar-refractivity contribution >= 4 is 96.8 Å². The van der Waals surface area contributed by atoms with E-state index in [1.165, 1.54) is 61.6 Å². The van der Waals surface area contributed by atoms with Crippen molar-refractivity contribution in [3.05, 3.63) is 145 Å². The molecule has 0 fully saturated rings. The van der Waals surface area contributed by atoms with Crippen LogP contribution in [0.1, 0.15) is 76.4 Å². The van der Waals surface area contributed by atoms with E-state index in [9.17, 15) is 0 Å². The van der Waals surface area contributed by atoms with Crippen LogP contribution in [0.5, 0.6) is 0 Å². The second kappa shape index (κ2) is 15.3. The van der Waals surface area contributed by atoms with Gasteiger partial charge in [0.25, 0.3) is 0 Å². The van der Waals surface area contributed by atoms with Crippen molar-refractivity contribution in [2.24, 2.45) is 0 Å². The molecule has 0 aliphatic heterocycles. The van der Waals surface area contributed by atoms with Gasteiger partial charge in [-0.25, -0.2) is 0 Å². The summed E-state index contributed by atoms with van der Waals surface area (Å²) in [6.07, 6.45) is 25.3. The molecular formula is C42H42S3. The second-order valence-corrected chi connectivity index (χ2v) is 13.4. The van der Waals surface area contributed by atoms with E-state index in [4.69, 9.17) is 0 Å². The molecule has 0 bridgehead atoms. The highest BCUT2D eigenvalue weighted by Crippen LogP contribution is 2.47. The maximum absolute atomic E-state index is 4.31.